The van der Waals surface area contributed by atoms with Crippen LogP contribution < -0.4 is 0 Å². The Morgan fingerprint density at radius 1 is 0.882 bits per heavy atom. The van der Waals surface area contributed by atoms with Gasteiger partial charge in [-0.05, 0) is 35.4 Å². The quantitative estimate of drug-likeness (QED) is 0.691. The average molecular weight is 283 g/mol. The van der Waals surface area contributed by atoms with Crippen LogP contribution in [0.15, 0.2) is 48.5 Å². The van der Waals surface area contributed by atoms with E-state index in [1.165, 1.54) is 0 Å². The summed E-state index contributed by atoms with van der Waals surface area (Å²) in [7, 11) is 0.0277. The highest BCUT2D eigenvalue weighted by atomic mass is 35.5. The van der Waals surface area contributed by atoms with Gasteiger partial charge in [-0.1, -0.05) is 47.5 Å². The molecule has 0 saturated carbocycles. The lowest BCUT2D eigenvalue weighted by atomic mass is 10.0. The van der Waals surface area contributed by atoms with Crippen molar-refractivity contribution in [3.63, 3.8) is 0 Å². The first kappa shape index (κ1) is 12.6. The van der Waals surface area contributed by atoms with Gasteiger partial charge in [-0.25, -0.2) is 0 Å². The number of hydrogen-bond acceptors (Lipinski definition) is 1. The van der Waals surface area contributed by atoms with Crippen LogP contribution in [0.5, 0.6) is 0 Å². The molecule has 17 heavy (non-hydrogen) atoms. The summed E-state index contributed by atoms with van der Waals surface area (Å²) in [6, 6.07) is 14.7. The number of hydrogen-bond donors (Lipinski definition) is 0. The summed E-state index contributed by atoms with van der Waals surface area (Å²) in [5, 5.41) is 1.27. The molecular weight excluding hydrogens is 274 g/mol. The molecule has 0 spiro atoms. The van der Waals surface area contributed by atoms with E-state index in [2.05, 4.69) is 0 Å². The Kier molecular flexibility index (Phi) is 4.17. The van der Waals surface area contributed by atoms with Crippen LogP contribution in [0, 0.1) is 0 Å². The highest BCUT2D eigenvalue weighted by Crippen LogP contribution is 2.36. The lowest BCUT2D eigenvalue weighted by molar-refractivity contribution is 0.595. The maximum atomic E-state index is 11.3. The maximum absolute atomic E-state index is 11.3. The fraction of sp³-hybridized carbons (Fsp3) is 0.0769. The zero-order valence-corrected chi connectivity index (χ0v) is 11.2. The Morgan fingerprint density at radius 3 is 1.71 bits per heavy atom. The zero-order chi connectivity index (χ0) is 12.3. The molecule has 0 fully saturated rings. The molecule has 0 N–H and O–H groups in total. The molecule has 2 aromatic carbocycles. The SMILES string of the molecule is O=PC(c1cccc(Cl)c1)c1cccc(Cl)c1. The minimum absolute atomic E-state index is 0.0277. The van der Waals surface area contributed by atoms with Gasteiger partial charge in [0.1, 0.15) is 0 Å². The minimum atomic E-state index is -0.229. The molecule has 0 aliphatic rings. The topological polar surface area (TPSA) is 17.1 Å². The standard InChI is InChI=1S/C13H9Cl2OP/c14-11-5-1-3-9(7-11)13(17-16)10-4-2-6-12(15)8-10/h1-8,13H. The first-order chi connectivity index (χ1) is 8.20. The van der Waals surface area contributed by atoms with Crippen molar-refractivity contribution in [3.8, 4) is 0 Å². The van der Waals surface area contributed by atoms with E-state index in [4.69, 9.17) is 23.2 Å². The lowest BCUT2D eigenvalue weighted by Gasteiger charge is -2.10. The third-order valence-corrected chi connectivity index (χ3v) is 3.71. The van der Waals surface area contributed by atoms with E-state index in [9.17, 15) is 4.57 Å². The first-order valence-corrected chi connectivity index (χ1v) is 6.68. The van der Waals surface area contributed by atoms with Crippen LogP contribution >= 0.6 is 31.7 Å². The van der Waals surface area contributed by atoms with Crippen LogP contribution in [0.2, 0.25) is 10.0 Å². The fourth-order valence-electron chi connectivity index (χ4n) is 1.67. The highest BCUT2D eigenvalue weighted by Gasteiger charge is 2.14. The molecule has 0 aromatic heterocycles. The van der Waals surface area contributed by atoms with E-state index < -0.39 is 0 Å². The van der Waals surface area contributed by atoms with Crippen LogP contribution in [-0.2, 0) is 4.57 Å². The van der Waals surface area contributed by atoms with E-state index >= 15 is 0 Å². The fourth-order valence-corrected chi connectivity index (χ4v) is 2.63. The van der Waals surface area contributed by atoms with Gasteiger partial charge in [0.2, 0.25) is 0 Å². The summed E-state index contributed by atoms with van der Waals surface area (Å²) in [4.78, 5) is 0. The lowest BCUT2D eigenvalue weighted by Crippen LogP contribution is -1.93. The summed E-state index contributed by atoms with van der Waals surface area (Å²) >= 11 is 11.9. The van der Waals surface area contributed by atoms with E-state index in [0.717, 1.165) is 11.1 Å². The van der Waals surface area contributed by atoms with Crippen molar-refractivity contribution in [2.45, 2.75) is 5.66 Å². The second kappa shape index (κ2) is 5.64. The maximum Gasteiger partial charge on any atom is 0.168 e. The Balaban J connectivity index is 2.43. The van der Waals surface area contributed by atoms with Crippen molar-refractivity contribution in [2.75, 3.05) is 0 Å². The van der Waals surface area contributed by atoms with Crippen molar-refractivity contribution < 1.29 is 4.57 Å². The number of halogens is 2. The molecule has 86 valence electrons. The van der Waals surface area contributed by atoms with Gasteiger partial charge in [0.25, 0.3) is 0 Å². The molecule has 0 amide bonds. The van der Waals surface area contributed by atoms with Crippen LogP contribution in [0.3, 0.4) is 0 Å². The Labute approximate surface area is 112 Å². The van der Waals surface area contributed by atoms with Crippen LogP contribution in [0.4, 0.5) is 0 Å². The molecule has 0 saturated heterocycles. The third-order valence-electron chi connectivity index (χ3n) is 2.43. The van der Waals surface area contributed by atoms with Crippen LogP contribution in [0.1, 0.15) is 16.8 Å². The predicted molar refractivity (Wildman–Crippen MR) is 72.4 cm³/mol. The number of benzene rings is 2. The predicted octanol–water partition coefficient (Wildman–Crippen LogP) is 5.37. The van der Waals surface area contributed by atoms with Gasteiger partial charge in [0.15, 0.2) is 8.46 Å². The second-order valence-electron chi connectivity index (χ2n) is 3.62. The molecule has 0 atom stereocenters. The van der Waals surface area contributed by atoms with E-state index in [1.807, 2.05) is 36.4 Å². The smallest absolute Gasteiger partial charge is 0.168 e. The first-order valence-electron chi connectivity index (χ1n) is 5.04. The van der Waals surface area contributed by atoms with Crippen molar-refractivity contribution in [1.82, 2.24) is 0 Å². The van der Waals surface area contributed by atoms with Gasteiger partial charge in [-0.3, -0.25) is 4.57 Å². The van der Waals surface area contributed by atoms with Gasteiger partial charge in [0.05, 0.1) is 5.66 Å². The number of rotatable bonds is 3. The van der Waals surface area contributed by atoms with Crippen molar-refractivity contribution in [2.24, 2.45) is 0 Å². The molecule has 0 aliphatic carbocycles. The van der Waals surface area contributed by atoms with E-state index in [-0.39, 0.29) is 14.1 Å². The zero-order valence-electron chi connectivity index (χ0n) is 8.81. The minimum Gasteiger partial charge on any atom is -0.274 e. The summed E-state index contributed by atoms with van der Waals surface area (Å²) in [6.45, 7) is 0. The average Bonchev–Trinajstić information content (AvgIpc) is 2.30. The van der Waals surface area contributed by atoms with Crippen LogP contribution in [0.25, 0.3) is 0 Å². The monoisotopic (exact) mass is 282 g/mol. The third kappa shape index (κ3) is 3.07. The van der Waals surface area contributed by atoms with Gasteiger partial charge in [0, 0.05) is 10.0 Å². The molecule has 0 unspecified atom stereocenters. The van der Waals surface area contributed by atoms with Gasteiger partial charge < -0.3 is 0 Å². The molecule has 1 nitrogen and oxygen atoms in total. The Bertz CT molecular complexity index is 497. The molecule has 0 heterocycles. The largest absolute Gasteiger partial charge is 0.274 e. The van der Waals surface area contributed by atoms with Crippen molar-refractivity contribution in [1.29, 1.82) is 0 Å². The summed E-state index contributed by atoms with van der Waals surface area (Å²) < 4.78 is 11.3. The molecule has 0 radical (unpaired) electrons. The molecule has 0 bridgehead atoms. The van der Waals surface area contributed by atoms with Crippen molar-refractivity contribution >= 4 is 31.7 Å². The summed E-state index contributed by atoms with van der Waals surface area (Å²) in [5.74, 6) is 0. The summed E-state index contributed by atoms with van der Waals surface area (Å²) in [5.41, 5.74) is 1.60. The molecular formula is C13H9Cl2OP. The normalized spacial score (nSPS) is 11.0. The van der Waals surface area contributed by atoms with Gasteiger partial charge in [-0.15, -0.1) is 0 Å². The second-order valence-corrected chi connectivity index (χ2v) is 5.22. The van der Waals surface area contributed by atoms with Gasteiger partial charge in [-0.2, -0.15) is 0 Å². The Morgan fingerprint density at radius 2 is 1.35 bits per heavy atom. The molecule has 2 aromatic rings. The molecule has 0 aliphatic heterocycles. The van der Waals surface area contributed by atoms with Crippen LogP contribution in [-0.4, -0.2) is 0 Å². The van der Waals surface area contributed by atoms with Gasteiger partial charge >= 0.3 is 0 Å². The molecule has 4 heteroatoms. The summed E-state index contributed by atoms with van der Waals surface area (Å²) in [6.07, 6.45) is 0. The highest BCUT2D eigenvalue weighted by molar-refractivity contribution is 7.24. The molecule has 2 rings (SSSR count). The van der Waals surface area contributed by atoms with E-state index in [0.29, 0.717) is 10.0 Å². The Hall–Kier alpha value is -0.880. The van der Waals surface area contributed by atoms with Crippen molar-refractivity contribution in [3.05, 3.63) is 69.7 Å². The van der Waals surface area contributed by atoms with E-state index in [1.54, 1.807) is 12.1 Å².